The third-order valence-electron chi connectivity index (χ3n) is 4.96. The van der Waals surface area contributed by atoms with Crippen LogP contribution in [0.5, 0.6) is 5.75 Å². The number of benzene rings is 2. The van der Waals surface area contributed by atoms with E-state index in [1.807, 2.05) is 45.0 Å². The molecule has 0 aliphatic heterocycles. The number of ether oxygens (including phenoxy) is 1. The van der Waals surface area contributed by atoms with Crippen molar-refractivity contribution in [1.82, 2.24) is 10.2 Å². The van der Waals surface area contributed by atoms with Gasteiger partial charge in [-0.25, -0.2) is 8.42 Å². The minimum atomic E-state index is -3.78. The lowest BCUT2D eigenvalue weighted by atomic mass is 10.1. The topological polar surface area (TPSA) is 96.0 Å². The van der Waals surface area contributed by atoms with Gasteiger partial charge < -0.3 is 15.0 Å². The molecule has 0 bridgehead atoms. The third kappa shape index (κ3) is 8.02. The molecule has 1 atom stereocenters. The lowest BCUT2D eigenvalue weighted by Crippen LogP contribution is -2.52. The fourth-order valence-corrected chi connectivity index (χ4v) is 4.61. The van der Waals surface area contributed by atoms with Crippen molar-refractivity contribution < 1.29 is 22.7 Å². The summed E-state index contributed by atoms with van der Waals surface area (Å²) in [5.41, 5.74) is 1.14. The normalized spacial score (nSPS) is 12.2. The van der Waals surface area contributed by atoms with Crippen molar-refractivity contribution in [2.24, 2.45) is 0 Å². The number of halogens is 1. The van der Waals surface area contributed by atoms with Gasteiger partial charge in [0.15, 0.2) is 0 Å². The Bertz CT molecular complexity index is 1090. The van der Waals surface area contributed by atoms with E-state index in [1.54, 1.807) is 31.2 Å². The van der Waals surface area contributed by atoms with E-state index in [4.69, 9.17) is 4.74 Å². The third-order valence-corrected chi connectivity index (χ3v) is 6.59. The van der Waals surface area contributed by atoms with E-state index in [1.165, 1.54) is 4.90 Å². The molecule has 1 unspecified atom stereocenters. The second-order valence-corrected chi connectivity index (χ2v) is 11.0. The van der Waals surface area contributed by atoms with Crippen LogP contribution in [-0.4, -0.2) is 56.6 Å². The minimum Gasteiger partial charge on any atom is -0.494 e. The summed E-state index contributed by atoms with van der Waals surface area (Å²) in [7, 11) is -3.78. The van der Waals surface area contributed by atoms with E-state index >= 15 is 0 Å². The molecule has 0 saturated carbocycles. The molecule has 2 aromatic carbocycles. The molecule has 34 heavy (non-hydrogen) atoms. The van der Waals surface area contributed by atoms with Gasteiger partial charge >= 0.3 is 0 Å². The number of hydrogen-bond acceptors (Lipinski definition) is 5. The number of hydrogen-bond donors (Lipinski definition) is 1. The average molecular weight is 555 g/mol. The van der Waals surface area contributed by atoms with E-state index in [-0.39, 0.29) is 18.5 Å². The highest BCUT2D eigenvalue weighted by Crippen LogP contribution is 2.23. The van der Waals surface area contributed by atoms with Crippen molar-refractivity contribution in [3.8, 4) is 5.75 Å². The summed E-state index contributed by atoms with van der Waals surface area (Å²) in [4.78, 5) is 27.6. The van der Waals surface area contributed by atoms with Crippen LogP contribution in [0.1, 0.15) is 33.3 Å². The smallest absolute Gasteiger partial charge is 0.244 e. The first kappa shape index (κ1) is 27.7. The molecule has 0 spiro atoms. The van der Waals surface area contributed by atoms with Crippen LogP contribution in [0.4, 0.5) is 5.69 Å². The number of amides is 2. The van der Waals surface area contributed by atoms with Gasteiger partial charge in [0.1, 0.15) is 18.3 Å². The second-order valence-electron chi connectivity index (χ2n) is 8.19. The number of carbonyl (C=O) groups excluding carboxylic acids is 2. The van der Waals surface area contributed by atoms with Gasteiger partial charge in [-0.15, -0.1) is 0 Å². The summed E-state index contributed by atoms with van der Waals surface area (Å²) in [5, 5.41) is 2.82. The molecule has 0 aromatic heterocycles. The zero-order valence-electron chi connectivity index (χ0n) is 20.1. The van der Waals surface area contributed by atoms with Crippen molar-refractivity contribution in [1.29, 1.82) is 0 Å². The molecule has 0 radical (unpaired) electrons. The SMILES string of the molecule is CCOc1ccc(N(CC(=O)N(Cc2cccc(Br)c2)C(C)C(=O)NC(C)C)S(C)(=O)=O)cc1. The van der Waals surface area contributed by atoms with Gasteiger partial charge in [0.2, 0.25) is 21.8 Å². The predicted octanol–water partition coefficient (Wildman–Crippen LogP) is 3.56. The van der Waals surface area contributed by atoms with E-state index < -0.39 is 28.5 Å². The number of rotatable bonds is 11. The maximum absolute atomic E-state index is 13.5. The van der Waals surface area contributed by atoms with Crippen molar-refractivity contribution in [3.63, 3.8) is 0 Å². The van der Waals surface area contributed by atoms with Gasteiger partial charge in [-0.3, -0.25) is 13.9 Å². The Morgan fingerprint density at radius 3 is 2.26 bits per heavy atom. The summed E-state index contributed by atoms with van der Waals surface area (Å²) in [6.45, 7) is 7.34. The molecule has 186 valence electrons. The lowest BCUT2D eigenvalue weighted by Gasteiger charge is -2.32. The Balaban J connectivity index is 2.37. The number of sulfonamides is 1. The molecule has 0 aliphatic rings. The highest BCUT2D eigenvalue weighted by atomic mass is 79.9. The van der Waals surface area contributed by atoms with Crippen LogP contribution in [0.15, 0.2) is 53.0 Å². The number of nitrogens with one attached hydrogen (secondary N) is 1. The zero-order chi connectivity index (χ0) is 25.5. The van der Waals surface area contributed by atoms with Crippen LogP contribution in [0.3, 0.4) is 0 Å². The van der Waals surface area contributed by atoms with Gasteiger partial charge in [-0.1, -0.05) is 28.1 Å². The molecule has 10 heteroatoms. The van der Waals surface area contributed by atoms with Gasteiger partial charge in [-0.05, 0) is 69.7 Å². The molecule has 0 fully saturated rings. The van der Waals surface area contributed by atoms with Crippen molar-refractivity contribution in [3.05, 3.63) is 58.6 Å². The first-order valence-electron chi connectivity index (χ1n) is 11.0. The van der Waals surface area contributed by atoms with Crippen LogP contribution in [-0.2, 0) is 26.2 Å². The molecule has 0 aliphatic carbocycles. The van der Waals surface area contributed by atoms with Crippen molar-refractivity contribution >= 4 is 43.5 Å². The van der Waals surface area contributed by atoms with E-state index in [0.29, 0.717) is 18.0 Å². The lowest BCUT2D eigenvalue weighted by molar-refractivity contribution is -0.139. The second kappa shape index (κ2) is 12.2. The first-order valence-corrected chi connectivity index (χ1v) is 13.6. The van der Waals surface area contributed by atoms with Gasteiger partial charge in [0, 0.05) is 17.1 Å². The van der Waals surface area contributed by atoms with Crippen LogP contribution in [0.25, 0.3) is 0 Å². The standard InChI is InChI=1S/C24H32BrN3O5S/c1-6-33-22-12-10-21(11-13-22)28(34(5,31)32)16-23(29)27(18(4)24(30)26-17(2)3)15-19-8-7-9-20(25)14-19/h7-14,17-18H,6,15-16H2,1-5H3,(H,26,30). The molecule has 8 nitrogen and oxygen atoms in total. The van der Waals surface area contributed by atoms with E-state index in [2.05, 4.69) is 21.2 Å². The Hall–Kier alpha value is -2.59. The molecule has 1 N–H and O–H groups in total. The van der Waals surface area contributed by atoms with E-state index in [9.17, 15) is 18.0 Å². The molecule has 2 aromatic rings. The summed E-state index contributed by atoms with van der Waals surface area (Å²) in [5.74, 6) is -0.211. The quantitative estimate of drug-likeness (QED) is 0.459. The van der Waals surface area contributed by atoms with E-state index in [0.717, 1.165) is 20.6 Å². The van der Waals surface area contributed by atoms with Gasteiger partial charge in [0.05, 0.1) is 18.6 Å². The Labute approximate surface area is 210 Å². The minimum absolute atomic E-state index is 0.103. The van der Waals surface area contributed by atoms with Crippen molar-refractivity contribution in [2.75, 3.05) is 23.7 Å². The number of carbonyl (C=O) groups is 2. The molecule has 2 amide bonds. The summed E-state index contributed by atoms with van der Waals surface area (Å²) in [6.07, 6.45) is 1.05. The van der Waals surface area contributed by atoms with Gasteiger partial charge in [-0.2, -0.15) is 0 Å². The molecule has 0 heterocycles. The van der Waals surface area contributed by atoms with Crippen molar-refractivity contribution in [2.45, 2.75) is 46.3 Å². The maximum Gasteiger partial charge on any atom is 0.244 e. The van der Waals surface area contributed by atoms with Crippen LogP contribution in [0, 0.1) is 0 Å². The molecular formula is C24H32BrN3O5S. The summed E-state index contributed by atoms with van der Waals surface area (Å²) >= 11 is 3.42. The highest BCUT2D eigenvalue weighted by Gasteiger charge is 2.30. The highest BCUT2D eigenvalue weighted by molar-refractivity contribution is 9.10. The Morgan fingerprint density at radius 1 is 1.09 bits per heavy atom. The Morgan fingerprint density at radius 2 is 1.74 bits per heavy atom. The molecular weight excluding hydrogens is 522 g/mol. The van der Waals surface area contributed by atoms with Crippen LogP contribution >= 0.6 is 15.9 Å². The summed E-state index contributed by atoms with van der Waals surface area (Å²) < 4.78 is 32.5. The Kier molecular flexibility index (Phi) is 9.93. The fourth-order valence-electron chi connectivity index (χ4n) is 3.31. The molecule has 0 saturated heterocycles. The number of nitrogens with zero attached hydrogens (tertiary/aromatic N) is 2. The monoisotopic (exact) mass is 553 g/mol. The zero-order valence-corrected chi connectivity index (χ0v) is 22.5. The first-order chi connectivity index (χ1) is 15.9. The summed E-state index contributed by atoms with van der Waals surface area (Å²) in [6, 6.07) is 13.0. The van der Waals surface area contributed by atoms with Gasteiger partial charge in [0.25, 0.3) is 0 Å². The fraction of sp³-hybridized carbons (Fsp3) is 0.417. The predicted molar refractivity (Wildman–Crippen MR) is 137 cm³/mol. The average Bonchev–Trinajstić information content (AvgIpc) is 2.75. The van der Waals surface area contributed by atoms with Crippen LogP contribution < -0.4 is 14.4 Å². The number of anilines is 1. The van der Waals surface area contributed by atoms with Crippen LogP contribution in [0.2, 0.25) is 0 Å². The largest absolute Gasteiger partial charge is 0.494 e. The molecule has 2 rings (SSSR count). The maximum atomic E-state index is 13.5.